The molecule has 0 aliphatic carbocycles. The van der Waals surface area contributed by atoms with Gasteiger partial charge in [0.15, 0.2) is 6.29 Å². The number of carbonyl (C=O) groups excluding carboxylic acids is 1. The molecule has 0 spiro atoms. The highest BCUT2D eigenvalue weighted by Crippen LogP contribution is 2.31. The second-order valence-corrected chi connectivity index (χ2v) is 3.43. The average molecular weight is 189 g/mol. The van der Waals surface area contributed by atoms with Crippen LogP contribution in [0.3, 0.4) is 0 Å². The first-order valence-corrected chi connectivity index (χ1v) is 4.41. The largest absolute Gasteiger partial charge is 0.507 e. The molecular weight excluding hydrogens is 178 g/mol. The Balaban J connectivity index is 3.00. The summed E-state index contributed by atoms with van der Waals surface area (Å²) in [6.45, 7) is 3.76. The highest BCUT2D eigenvalue weighted by molar-refractivity contribution is 6.03. The van der Waals surface area contributed by atoms with Crippen molar-refractivity contribution in [1.82, 2.24) is 4.98 Å². The number of aldehydes is 1. The van der Waals surface area contributed by atoms with Crippen LogP contribution in [0.1, 0.15) is 21.6 Å². The molecule has 0 atom stereocenters. The van der Waals surface area contributed by atoms with E-state index in [-0.39, 0.29) is 5.75 Å². The van der Waals surface area contributed by atoms with E-state index in [1.54, 1.807) is 6.07 Å². The van der Waals surface area contributed by atoms with Gasteiger partial charge >= 0.3 is 0 Å². The summed E-state index contributed by atoms with van der Waals surface area (Å²) >= 11 is 0. The Morgan fingerprint density at radius 3 is 2.71 bits per heavy atom. The number of hydrogen-bond donors (Lipinski definition) is 2. The van der Waals surface area contributed by atoms with Crippen LogP contribution in [0.2, 0.25) is 0 Å². The Morgan fingerprint density at radius 1 is 1.36 bits per heavy atom. The maximum atomic E-state index is 10.8. The lowest BCUT2D eigenvalue weighted by molar-refractivity contribution is 0.112. The molecule has 2 rings (SSSR count). The third kappa shape index (κ3) is 1.02. The number of phenolic OH excluding ortho intramolecular Hbond substituents is 1. The molecule has 0 aliphatic heterocycles. The number of aromatic amines is 1. The molecule has 0 radical (unpaired) electrons. The molecule has 0 saturated carbocycles. The maximum absolute atomic E-state index is 10.8. The van der Waals surface area contributed by atoms with E-state index in [0.29, 0.717) is 10.9 Å². The number of nitrogens with one attached hydrogen (secondary N) is 1. The number of fused-ring (bicyclic) bond motifs is 1. The molecule has 0 unspecified atom stereocenters. The summed E-state index contributed by atoms with van der Waals surface area (Å²) < 4.78 is 0. The van der Waals surface area contributed by atoms with Gasteiger partial charge in [0, 0.05) is 11.3 Å². The SMILES string of the molecule is Cc1[nH]c2c(C)ccc(O)c2c1C=O. The van der Waals surface area contributed by atoms with Crippen molar-refractivity contribution in [3.05, 3.63) is 29.0 Å². The van der Waals surface area contributed by atoms with Crippen LogP contribution in [0.25, 0.3) is 10.9 Å². The number of phenols is 1. The van der Waals surface area contributed by atoms with E-state index >= 15 is 0 Å². The number of aryl methyl sites for hydroxylation is 2. The highest BCUT2D eigenvalue weighted by Gasteiger charge is 2.12. The summed E-state index contributed by atoms with van der Waals surface area (Å²) in [6, 6.07) is 3.43. The van der Waals surface area contributed by atoms with Crippen LogP contribution >= 0.6 is 0 Å². The molecule has 3 heteroatoms. The standard InChI is InChI=1S/C11H11NO2/c1-6-3-4-9(14)10-8(5-13)7(2)12-11(6)10/h3-5,12,14H,1-2H3. The van der Waals surface area contributed by atoms with Gasteiger partial charge in [0.25, 0.3) is 0 Å². The molecule has 0 fully saturated rings. The van der Waals surface area contributed by atoms with E-state index in [9.17, 15) is 9.90 Å². The first kappa shape index (κ1) is 8.81. The molecule has 2 aromatic rings. The summed E-state index contributed by atoms with van der Waals surface area (Å²) in [5.41, 5.74) is 3.19. The van der Waals surface area contributed by atoms with Crippen LogP contribution in [0.4, 0.5) is 0 Å². The number of rotatable bonds is 1. The van der Waals surface area contributed by atoms with Crippen molar-refractivity contribution in [1.29, 1.82) is 0 Å². The second kappa shape index (κ2) is 2.87. The lowest BCUT2D eigenvalue weighted by Gasteiger charge is -1.98. The summed E-state index contributed by atoms with van der Waals surface area (Å²) in [5.74, 6) is 0.150. The fourth-order valence-corrected chi connectivity index (χ4v) is 1.72. The number of H-pyrrole nitrogens is 1. The first-order chi connectivity index (χ1) is 6.65. The van der Waals surface area contributed by atoms with Crippen LogP contribution in [0, 0.1) is 13.8 Å². The third-order valence-corrected chi connectivity index (χ3v) is 2.50. The Morgan fingerprint density at radius 2 is 2.07 bits per heavy atom. The molecule has 0 saturated heterocycles. The van der Waals surface area contributed by atoms with E-state index in [4.69, 9.17) is 0 Å². The molecule has 2 N–H and O–H groups in total. The molecule has 1 heterocycles. The van der Waals surface area contributed by atoms with Crippen LogP contribution in [0.5, 0.6) is 5.75 Å². The van der Waals surface area contributed by atoms with Crippen molar-refractivity contribution < 1.29 is 9.90 Å². The van der Waals surface area contributed by atoms with Gasteiger partial charge in [-0.2, -0.15) is 0 Å². The molecule has 1 aromatic carbocycles. The molecule has 3 nitrogen and oxygen atoms in total. The molecule has 0 bridgehead atoms. The Bertz CT molecular complexity index is 511. The van der Waals surface area contributed by atoms with Gasteiger partial charge in [0.1, 0.15) is 5.75 Å². The van der Waals surface area contributed by atoms with Gasteiger partial charge in [-0.1, -0.05) is 6.07 Å². The first-order valence-electron chi connectivity index (χ1n) is 4.41. The van der Waals surface area contributed by atoms with Crippen molar-refractivity contribution in [2.45, 2.75) is 13.8 Å². The topological polar surface area (TPSA) is 53.1 Å². The minimum Gasteiger partial charge on any atom is -0.507 e. The van der Waals surface area contributed by atoms with E-state index in [0.717, 1.165) is 23.1 Å². The minimum atomic E-state index is 0.150. The van der Waals surface area contributed by atoms with Gasteiger partial charge in [-0.05, 0) is 25.5 Å². The van der Waals surface area contributed by atoms with Crippen LogP contribution in [-0.2, 0) is 0 Å². The van der Waals surface area contributed by atoms with E-state index in [1.165, 1.54) is 0 Å². The van der Waals surface area contributed by atoms with Crippen molar-refractivity contribution >= 4 is 17.2 Å². The molecule has 14 heavy (non-hydrogen) atoms. The smallest absolute Gasteiger partial charge is 0.152 e. The highest BCUT2D eigenvalue weighted by atomic mass is 16.3. The van der Waals surface area contributed by atoms with Crippen molar-refractivity contribution in [3.63, 3.8) is 0 Å². The molecule has 0 amide bonds. The van der Waals surface area contributed by atoms with E-state index in [1.807, 2.05) is 19.9 Å². The predicted octanol–water partition coefficient (Wildman–Crippen LogP) is 2.30. The summed E-state index contributed by atoms with van der Waals surface area (Å²) in [5, 5.41) is 10.3. The number of aromatic hydroxyl groups is 1. The van der Waals surface area contributed by atoms with E-state index < -0.39 is 0 Å². The van der Waals surface area contributed by atoms with Gasteiger partial charge in [-0.15, -0.1) is 0 Å². The third-order valence-electron chi connectivity index (χ3n) is 2.50. The van der Waals surface area contributed by atoms with Crippen LogP contribution in [0.15, 0.2) is 12.1 Å². The normalized spacial score (nSPS) is 10.7. The zero-order chi connectivity index (χ0) is 10.3. The molecular formula is C11H11NO2. The van der Waals surface area contributed by atoms with Crippen LogP contribution in [-0.4, -0.2) is 16.4 Å². The number of aromatic nitrogens is 1. The number of benzene rings is 1. The Hall–Kier alpha value is -1.77. The second-order valence-electron chi connectivity index (χ2n) is 3.43. The lowest BCUT2D eigenvalue weighted by Crippen LogP contribution is -1.80. The predicted molar refractivity (Wildman–Crippen MR) is 54.8 cm³/mol. The monoisotopic (exact) mass is 189 g/mol. The van der Waals surface area contributed by atoms with Gasteiger partial charge < -0.3 is 10.1 Å². The Kier molecular flexibility index (Phi) is 1.81. The van der Waals surface area contributed by atoms with Crippen molar-refractivity contribution in [2.75, 3.05) is 0 Å². The average Bonchev–Trinajstić information content (AvgIpc) is 2.50. The molecule has 72 valence electrons. The van der Waals surface area contributed by atoms with Gasteiger partial charge in [0.2, 0.25) is 0 Å². The fraction of sp³-hybridized carbons (Fsp3) is 0.182. The van der Waals surface area contributed by atoms with Gasteiger partial charge in [-0.3, -0.25) is 4.79 Å². The lowest BCUT2D eigenvalue weighted by atomic mass is 10.1. The number of hydrogen-bond acceptors (Lipinski definition) is 2. The van der Waals surface area contributed by atoms with E-state index in [2.05, 4.69) is 4.98 Å². The minimum absolute atomic E-state index is 0.150. The zero-order valence-electron chi connectivity index (χ0n) is 8.09. The van der Waals surface area contributed by atoms with Gasteiger partial charge in [0.05, 0.1) is 10.9 Å². The molecule has 0 aliphatic rings. The fourth-order valence-electron chi connectivity index (χ4n) is 1.72. The maximum Gasteiger partial charge on any atom is 0.152 e. The summed E-state index contributed by atoms with van der Waals surface area (Å²) in [7, 11) is 0. The Labute approximate surface area is 81.4 Å². The summed E-state index contributed by atoms with van der Waals surface area (Å²) in [6.07, 6.45) is 0.771. The van der Waals surface area contributed by atoms with Crippen molar-refractivity contribution in [3.8, 4) is 5.75 Å². The quantitative estimate of drug-likeness (QED) is 0.676. The zero-order valence-corrected chi connectivity index (χ0v) is 8.09. The number of carbonyl (C=O) groups is 1. The van der Waals surface area contributed by atoms with Crippen molar-refractivity contribution in [2.24, 2.45) is 0 Å². The van der Waals surface area contributed by atoms with Gasteiger partial charge in [-0.25, -0.2) is 0 Å². The summed E-state index contributed by atoms with van der Waals surface area (Å²) in [4.78, 5) is 13.9. The molecule has 1 aromatic heterocycles. The van der Waals surface area contributed by atoms with Crippen LogP contribution < -0.4 is 0 Å².